The molecule has 0 bridgehead atoms. The molecule has 1 amide bonds. The van der Waals surface area contributed by atoms with Gasteiger partial charge < -0.3 is 0 Å². The van der Waals surface area contributed by atoms with Crippen LogP contribution in [-0.2, 0) is 0 Å². The van der Waals surface area contributed by atoms with Crippen molar-refractivity contribution in [1.82, 2.24) is 0 Å². The molecule has 0 spiro atoms. The quantitative estimate of drug-likeness (QED) is 0.453. The molecule has 0 atom stereocenters. The fourth-order valence-corrected chi connectivity index (χ4v) is 2.98. The van der Waals surface area contributed by atoms with E-state index in [4.69, 9.17) is 0 Å². The minimum atomic E-state index is -0.238. The van der Waals surface area contributed by atoms with Crippen LogP contribution in [0.3, 0.4) is 0 Å². The summed E-state index contributed by atoms with van der Waals surface area (Å²) in [7, 11) is 0. The Hall–Kier alpha value is -3.52. The van der Waals surface area contributed by atoms with Gasteiger partial charge in [-0.2, -0.15) is 0 Å². The van der Waals surface area contributed by atoms with E-state index in [0.29, 0.717) is 11.3 Å². The summed E-state index contributed by atoms with van der Waals surface area (Å²) >= 11 is 0. The summed E-state index contributed by atoms with van der Waals surface area (Å²) in [5.41, 5.74) is 3.12. The largest absolute Gasteiger partial charge is 0.277 e. The highest BCUT2D eigenvalue weighted by molar-refractivity contribution is 6.19. The molecule has 0 saturated heterocycles. The Bertz CT molecular complexity index is 1080. The van der Waals surface area contributed by atoms with Gasteiger partial charge in [-0.1, -0.05) is 84.9 Å². The number of aliphatic imine (C=N–C) groups is 1. The fourth-order valence-electron chi connectivity index (χ4n) is 2.98. The Labute approximate surface area is 152 Å². The average molecular weight is 335 g/mol. The highest BCUT2D eigenvalue weighted by Gasteiger charge is 2.11. The van der Waals surface area contributed by atoms with Gasteiger partial charge in [0.15, 0.2) is 0 Å². The third-order valence-electron chi connectivity index (χ3n) is 4.30. The molecular weight excluding hydrogens is 318 g/mol. The molecule has 124 valence electrons. The number of hydrogen-bond acceptors (Lipinski definition) is 1. The van der Waals surface area contributed by atoms with Crippen molar-refractivity contribution in [3.05, 3.63) is 120 Å². The van der Waals surface area contributed by atoms with Crippen LogP contribution in [0.15, 0.2) is 108 Å². The lowest BCUT2D eigenvalue weighted by Gasteiger charge is -2.09. The predicted molar refractivity (Wildman–Crippen MR) is 107 cm³/mol. The second-order valence-electron chi connectivity index (χ2n) is 6.06. The van der Waals surface area contributed by atoms with Crippen molar-refractivity contribution in [1.29, 1.82) is 0 Å². The van der Waals surface area contributed by atoms with Crippen LogP contribution in [0.4, 0.5) is 0 Å². The molecule has 0 saturated carbocycles. The highest BCUT2D eigenvalue weighted by Crippen LogP contribution is 2.19. The lowest BCUT2D eigenvalue weighted by atomic mass is 9.99. The molecule has 26 heavy (non-hydrogen) atoms. The highest BCUT2D eigenvalue weighted by atomic mass is 16.1. The molecule has 0 fully saturated rings. The van der Waals surface area contributed by atoms with Gasteiger partial charge in [0.1, 0.15) is 0 Å². The first-order valence-electron chi connectivity index (χ1n) is 8.54. The van der Waals surface area contributed by atoms with Crippen molar-refractivity contribution in [3.8, 4) is 0 Å². The number of nitrogens with zero attached hydrogens (tertiary/aromatic N) is 1. The fraction of sp³-hybridized carbons (Fsp3) is 0. The number of benzene rings is 4. The number of carbonyl (C=O) groups excluding carboxylic acids is 1. The molecule has 0 heterocycles. The van der Waals surface area contributed by atoms with E-state index in [-0.39, 0.29) is 5.91 Å². The Balaban J connectivity index is 1.85. The average Bonchev–Trinajstić information content (AvgIpc) is 2.73. The van der Waals surface area contributed by atoms with Gasteiger partial charge in [-0.3, -0.25) is 4.79 Å². The van der Waals surface area contributed by atoms with Crippen molar-refractivity contribution in [2.24, 2.45) is 4.99 Å². The third-order valence-corrected chi connectivity index (χ3v) is 4.30. The maximum Gasteiger partial charge on any atom is 0.277 e. The summed E-state index contributed by atoms with van der Waals surface area (Å²) in [5.74, 6) is -0.238. The molecule has 2 heteroatoms. The van der Waals surface area contributed by atoms with Crippen LogP contribution in [0.1, 0.15) is 21.5 Å². The summed E-state index contributed by atoms with van der Waals surface area (Å²) < 4.78 is 0. The molecule has 4 rings (SSSR count). The molecule has 2 nitrogen and oxygen atoms in total. The number of rotatable bonds is 3. The smallest absolute Gasteiger partial charge is 0.267 e. The molecule has 0 aromatic heterocycles. The topological polar surface area (TPSA) is 29.4 Å². The van der Waals surface area contributed by atoms with Crippen molar-refractivity contribution >= 4 is 22.4 Å². The van der Waals surface area contributed by atoms with E-state index in [1.54, 1.807) is 12.1 Å². The second-order valence-corrected chi connectivity index (χ2v) is 6.06. The maximum atomic E-state index is 12.7. The standard InChI is InChI=1S/C24H17NO/c26-24(20-12-5-2-6-13-20)25-23(19-10-3-1-4-11-19)22-16-15-18-9-7-8-14-21(18)17-22/h1-17H. The molecule has 0 unspecified atom stereocenters. The molecule has 0 N–H and O–H groups in total. The van der Waals surface area contributed by atoms with Crippen LogP contribution in [-0.4, -0.2) is 11.6 Å². The van der Waals surface area contributed by atoms with Gasteiger partial charge >= 0.3 is 0 Å². The second kappa shape index (κ2) is 7.16. The molecule has 0 aliphatic rings. The van der Waals surface area contributed by atoms with Crippen LogP contribution >= 0.6 is 0 Å². The van der Waals surface area contributed by atoms with Gasteiger partial charge in [-0.15, -0.1) is 0 Å². The molecule has 0 aliphatic carbocycles. The number of hydrogen-bond donors (Lipinski definition) is 0. The zero-order valence-corrected chi connectivity index (χ0v) is 14.2. The summed E-state index contributed by atoms with van der Waals surface area (Å²) in [6, 6.07) is 33.3. The van der Waals surface area contributed by atoms with Crippen molar-refractivity contribution in [2.45, 2.75) is 0 Å². The van der Waals surface area contributed by atoms with Crippen LogP contribution in [0.5, 0.6) is 0 Å². The third kappa shape index (κ3) is 3.31. The maximum absolute atomic E-state index is 12.7. The molecule has 0 aliphatic heterocycles. The van der Waals surface area contributed by atoms with E-state index < -0.39 is 0 Å². The zero-order chi connectivity index (χ0) is 17.8. The first kappa shape index (κ1) is 16.0. The van der Waals surface area contributed by atoms with Gasteiger partial charge in [0.05, 0.1) is 5.71 Å². The van der Waals surface area contributed by atoms with Gasteiger partial charge in [-0.25, -0.2) is 4.99 Å². The monoisotopic (exact) mass is 335 g/mol. The molecule has 4 aromatic carbocycles. The van der Waals surface area contributed by atoms with Crippen LogP contribution in [0.2, 0.25) is 0 Å². The van der Waals surface area contributed by atoms with Crippen molar-refractivity contribution in [2.75, 3.05) is 0 Å². The van der Waals surface area contributed by atoms with Crippen LogP contribution in [0.25, 0.3) is 10.8 Å². The van der Waals surface area contributed by atoms with Gasteiger partial charge in [-0.05, 0) is 29.0 Å². The Morgan fingerprint density at radius 1 is 0.538 bits per heavy atom. The lowest BCUT2D eigenvalue weighted by Crippen LogP contribution is -2.07. The minimum absolute atomic E-state index is 0.238. The van der Waals surface area contributed by atoms with Crippen LogP contribution in [0, 0.1) is 0 Å². The Morgan fingerprint density at radius 2 is 1.12 bits per heavy atom. The SMILES string of the molecule is O=C(N=C(c1ccccc1)c1ccc2ccccc2c1)c1ccccc1. The first-order chi connectivity index (χ1) is 12.8. The van der Waals surface area contributed by atoms with Crippen molar-refractivity contribution < 1.29 is 4.79 Å². The van der Waals surface area contributed by atoms with Gasteiger partial charge in [0, 0.05) is 16.7 Å². The van der Waals surface area contributed by atoms with E-state index in [0.717, 1.165) is 21.9 Å². The van der Waals surface area contributed by atoms with E-state index in [9.17, 15) is 4.79 Å². The predicted octanol–water partition coefficient (Wildman–Crippen LogP) is 5.52. The lowest BCUT2D eigenvalue weighted by molar-refractivity contribution is 0.100. The number of fused-ring (bicyclic) bond motifs is 1. The first-order valence-corrected chi connectivity index (χ1v) is 8.54. The Morgan fingerprint density at radius 3 is 1.81 bits per heavy atom. The van der Waals surface area contributed by atoms with Crippen molar-refractivity contribution in [3.63, 3.8) is 0 Å². The van der Waals surface area contributed by atoms with Crippen LogP contribution < -0.4 is 0 Å². The number of carbonyl (C=O) groups is 1. The molecule has 0 radical (unpaired) electrons. The Kier molecular flexibility index (Phi) is 4.40. The van der Waals surface area contributed by atoms with Gasteiger partial charge in [0.2, 0.25) is 0 Å². The summed E-state index contributed by atoms with van der Waals surface area (Å²) in [6.07, 6.45) is 0. The normalized spacial score (nSPS) is 11.5. The van der Waals surface area contributed by atoms with E-state index >= 15 is 0 Å². The molecular formula is C24H17NO. The molecule has 4 aromatic rings. The number of amides is 1. The van der Waals surface area contributed by atoms with Gasteiger partial charge in [0.25, 0.3) is 5.91 Å². The van der Waals surface area contributed by atoms with E-state index in [1.165, 1.54) is 0 Å². The summed E-state index contributed by atoms with van der Waals surface area (Å²) in [5, 5.41) is 2.29. The zero-order valence-electron chi connectivity index (χ0n) is 14.2. The minimum Gasteiger partial charge on any atom is -0.267 e. The van der Waals surface area contributed by atoms with E-state index in [2.05, 4.69) is 29.3 Å². The van der Waals surface area contributed by atoms with E-state index in [1.807, 2.05) is 66.7 Å². The summed E-state index contributed by atoms with van der Waals surface area (Å²) in [4.78, 5) is 17.1. The summed E-state index contributed by atoms with van der Waals surface area (Å²) in [6.45, 7) is 0.